The van der Waals surface area contributed by atoms with Crippen LogP contribution in [-0.2, 0) is 6.42 Å². The number of benzene rings is 1. The molecule has 0 bridgehead atoms. The Morgan fingerprint density at radius 3 is 2.47 bits per heavy atom. The molecular formula is C15H23NS. The third-order valence-corrected chi connectivity index (χ3v) is 5.35. The van der Waals surface area contributed by atoms with Crippen molar-refractivity contribution in [3.63, 3.8) is 0 Å². The Kier molecular flexibility index (Phi) is 4.16. The average Bonchev–Trinajstić information content (AvgIpc) is 2.79. The summed E-state index contributed by atoms with van der Waals surface area (Å²) < 4.78 is 0.319. The number of hydrogen-bond acceptors (Lipinski definition) is 2. The van der Waals surface area contributed by atoms with Crippen molar-refractivity contribution in [1.29, 1.82) is 0 Å². The lowest BCUT2D eigenvalue weighted by Gasteiger charge is -2.26. The van der Waals surface area contributed by atoms with Crippen molar-refractivity contribution in [1.82, 2.24) is 0 Å². The Labute approximate surface area is 109 Å². The fraction of sp³-hybridized carbons (Fsp3) is 0.600. The van der Waals surface area contributed by atoms with Crippen LogP contribution in [0.3, 0.4) is 0 Å². The van der Waals surface area contributed by atoms with Crippen molar-refractivity contribution in [2.75, 3.05) is 12.3 Å². The zero-order valence-corrected chi connectivity index (χ0v) is 11.7. The number of nitrogens with two attached hydrogens (primary N) is 1. The molecule has 1 aliphatic heterocycles. The predicted molar refractivity (Wildman–Crippen MR) is 77.7 cm³/mol. The third kappa shape index (κ3) is 3.05. The normalized spacial score (nSPS) is 24.5. The largest absolute Gasteiger partial charge is 0.329 e. The van der Waals surface area contributed by atoms with Gasteiger partial charge in [0.1, 0.15) is 0 Å². The van der Waals surface area contributed by atoms with Gasteiger partial charge in [-0.25, -0.2) is 0 Å². The molecule has 1 aromatic carbocycles. The van der Waals surface area contributed by atoms with Crippen LogP contribution in [0.4, 0.5) is 0 Å². The summed E-state index contributed by atoms with van der Waals surface area (Å²) in [7, 11) is 0. The first-order chi connectivity index (χ1) is 8.15. The molecule has 1 aliphatic rings. The smallest absolute Gasteiger partial charge is 0.0322 e. The number of thioether (sulfide) groups is 1. The van der Waals surface area contributed by atoms with Gasteiger partial charge in [-0.2, -0.15) is 11.8 Å². The summed E-state index contributed by atoms with van der Waals surface area (Å²) in [6.07, 6.45) is 3.73. The Morgan fingerprint density at radius 2 is 2.00 bits per heavy atom. The van der Waals surface area contributed by atoms with Crippen molar-refractivity contribution >= 4 is 11.8 Å². The molecule has 2 rings (SSSR count). The van der Waals surface area contributed by atoms with Gasteiger partial charge < -0.3 is 5.73 Å². The molecule has 1 aromatic rings. The molecule has 0 spiro atoms. The van der Waals surface area contributed by atoms with Gasteiger partial charge in [0.15, 0.2) is 0 Å². The van der Waals surface area contributed by atoms with Crippen LogP contribution in [0.2, 0.25) is 0 Å². The molecule has 0 saturated carbocycles. The second-order valence-electron chi connectivity index (χ2n) is 5.41. The molecule has 94 valence electrons. The summed E-state index contributed by atoms with van der Waals surface area (Å²) in [5.41, 5.74) is 8.84. The Hall–Kier alpha value is -0.470. The highest BCUT2D eigenvalue weighted by molar-refractivity contribution is 8.00. The lowest BCUT2D eigenvalue weighted by Crippen LogP contribution is -2.34. The van der Waals surface area contributed by atoms with Crippen molar-refractivity contribution in [3.05, 3.63) is 35.4 Å². The van der Waals surface area contributed by atoms with E-state index >= 15 is 0 Å². The lowest BCUT2D eigenvalue weighted by atomic mass is 9.93. The zero-order chi connectivity index (χ0) is 12.3. The number of rotatable bonds is 4. The quantitative estimate of drug-likeness (QED) is 0.882. The van der Waals surface area contributed by atoms with Crippen molar-refractivity contribution < 1.29 is 0 Å². The Morgan fingerprint density at radius 1 is 1.29 bits per heavy atom. The molecule has 17 heavy (non-hydrogen) atoms. The van der Waals surface area contributed by atoms with Crippen LogP contribution in [0.25, 0.3) is 0 Å². The second kappa shape index (κ2) is 5.45. The minimum atomic E-state index is 0.319. The number of hydrogen-bond donors (Lipinski definition) is 1. The van der Waals surface area contributed by atoms with E-state index in [4.69, 9.17) is 5.73 Å². The fourth-order valence-corrected chi connectivity index (χ4v) is 3.92. The van der Waals surface area contributed by atoms with E-state index < -0.39 is 0 Å². The zero-order valence-electron chi connectivity index (χ0n) is 10.9. The van der Waals surface area contributed by atoms with Crippen LogP contribution in [0, 0.1) is 0 Å². The molecule has 0 aliphatic carbocycles. The third-order valence-electron chi connectivity index (χ3n) is 3.73. The highest BCUT2D eigenvalue weighted by Crippen LogP contribution is 2.40. The van der Waals surface area contributed by atoms with Crippen molar-refractivity contribution in [2.24, 2.45) is 5.73 Å². The second-order valence-corrected chi connectivity index (χ2v) is 6.98. The molecule has 1 fully saturated rings. The highest BCUT2D eigenvalue weighted by atomic mass is 32.2. The van der Waals surface area contributed by atoms with Gasteiger partial charge in [-0.15, -0.1) is 0 Å². The topological polar surface area (TPSA) is 26.0 Å². The molecule has 0 radical (unpaired) electrons. The monoisotopic (exact) mass is 249 g/mol. The maximum Gasteiger partial charge on any atom is 0.0322 e. The predicted octanol–water partition coefficient (Wildman–Crippen LogP) is 3.58. The van der Waals surface area contributed by atoms with Crippen LogP contribution in [-0.4, -0.2) is 17.0 Å². The van der Waals surface area contributed by atoms with Gasteiger partial charge in [0, 0.05) is 11.3 Å². The molecule has 1 unspecified atom stereocenters. The molecule has 1 saturated heterocycles. The summed E-state index contributed by atoms with van der Waals surface area (Å²) >= 11 is 2.07. The van der Waals surface area contributed by atoms with Gasteiger partial charge in [0.2, 0.25) is 0 Å². The van der Waals surface area contributed by atoms with E-state index in [0.717, 1.165) is 13.0 Å². The van der Waals surface area contributed by atoms with E-state index in [1.165, 1.54) is 29.7 Å². The Bertz CT molecular complexity index is 350. The molecule has 0 amide bonds. The molecule has 0 aromatic heterocycles. The van der Waals surface area contributed by atoms with Gasteiger partial charge in [-0.1, -0.05) is 38.1 Å². The van der Waals surface area contributed by atoms with E-state index in [0.29, 0.717) is 10.7 Å². The van der Waals surface area contributed by atoms with E-state index in [-0.39, 0.29) is 0 Å². The van der Waals surface area contributed by atoms with Crippen molar-refractivity contribution in [3.8, 4) is 0 Å². The van der Waals surface area contributed by atoms with Gasteiger partial charge in [-0.3, -0.25) is 0 Å². The van der Waals surface area contributed by atoms with E-state index in [2.05, 4.69) is 49.9 Å². The Balaban J connectivity index is 2.07. The lowest BCUT2D eigenvalue weighted by molar-refractivity contribution is 0.564. The van der Waals surface area contributed by atoms with Crippen molar-refractivity contribution in [2.45, 2.75) is 43.8 Å². The van der Waals surface area contributed by atoms with E-state index in [1.807, 2.05) is 0 Å². The summed E-state index contributed by atoms with van der Waals surface area (Å²) in [5, 5.41) is 0. The molecule has 1 atom stereocenters. The highest BCUT2D eigenvalue weighted by Gasteiger charge is 2.33. The maximum absolute atomic E-state index is 5.97. The molecule has 2 heteroatoms. The maximum atomic E-state index is 5.97. The first-order valence-electron chi connectivity index (χ1n) is 6.58. The summed E-state index contributed by atoms with van der Waals surface area (Å²) in [6.45, 7) is 5.29. The van der Waals surface area contributed by atoms with Crippen LogP contribution >= 0.6 is 11.8 Å². The molecule has 1 heterocycles. The molecule has 1 nitrogen and oxygen atoms in total. The fourth-order valence-electron chi connectivity index (χ4n) is 2.52. The van der Waals surface area contributed by atoms with Crippen LogP contribution in [0.5, 0.6) is 0 Å². The molecule has 2 N–H and O–H groups in total. The average molecular weight is 249 g/mol. The SMILES string of the molecule is CC(C)c1ccc(CC2(CN)CCCS2)cc1. The minimum Gasteiger partial charge on any atom is -0.329 e. The summed E-state index contributed by atoms with van der Waals surface area (Å²) in [5.74, 6) is 1.90. The van der Waals surface area contributed by atoms with Gasteiger partial charge >= 0.3 is 0 Å². The van der Waals surface area contributed by atoms with Gasteiger partial charge in [0.25, 0.3) is 0 Å². The molecular weight excluding hydrogens is 226 g/mol. The standard InChI is InChI=1S/C15H23NS/c1-12(2)14-6-4-13(5-7-14)10-15(11-16)8-3-9-17-15/h4-7,12H,3,8-11,16H2,1-2H3. The first kappa shape index (κ1) is 13.0. The summed E-state index contributed by atoms with van der Waals surface area (Å²) in [6, 6.07) is 9.10. The first-order valence-corrected chi connectivity index (χ1v) is 7.57. The van der Waals surface area contributed by atoms with Gasteiger partial charge in [0.05, 0.1) is 0 Å². The van der Waals surface area contributed by atoms with Crippen LogP contribution in [0.15, 0.2) is 24.3 Å². The van der Waals surface area contributed by atoms with E-state index in [1.54, 1.807) is 0 Å². The minimum absolute atomic E-state index is 0.319. The van der Waals surface area contributed by atoms with Crippen LogP contribution < -0.4 is 5.73 Å². The summed E-state index contributed by atoms with van der Waals surface area (Å²) in [4.78, 5) is 0. The van der Waals surface area contributed by atoms with Gasteiger partial charge in [-0.05, 0) is 42.1 Å². The van der Waals surface area contributed by atoms with Crippen LogP contribution in [0.1, 0.15) is 43.7 Å². The van der Waals surface area contributed by atoms with E-state index in [9.17, 15) is 0 Å².